The molecule has 4 nitrogen and oxygen atoms in total. The van der Waals surface area contributed by atoms with Gasteiger partial charge in [0.25, 0.3) is 5.91 Å². The maximum atomic E-state index is 12.7. The molecular weight excluding hydrogens is 312 g/mol. The van der Waals surface area contributed by atoms with Crippen LogP contribution in [0, 0.1) is 12.8 Å². The van der Waals surface area contributed by atoms with Crippen LogP contribution >= 0.6 is 0 Å². The zero-order valence-electron chi connectivity index (χ0n) is 16.5. The Labute approximate surface area is 152 Å². The van der Waals surface area contributed by atoms with Gasteiger partial charge < -0.3 is 15.0 Å². The van der Waals surface area contributed by atoms with Crippen LogP contribution in [-0.4, -0.2) is 43.1 Å². The Balaban J connectivity index is 1.92. The molecule has 1 aliphatic rings. The summed E-state index contributed by atoms with van der Waals surface area (Å²) in [6.45, 7) is 14.1. The average Bonchev–Trinajstić information content (AvgIpc) is 2.61. The molecule has 1 atom stereocenters. The highest BCUT2D eigenvalue weighted by molar-refractivity contribution is 5.81. The molecule has 0 radical (unpaired) electrons. The number of ether oxygens (including phenoxy) is 1. The maximum Gasteiger partial charge on any atom is 0.263 e. The number of nitrogens with zero attached hydrogens (tertiary/aromatic N) is 1. The van der Waals surface area contributed by atoms with Gasteiger partial charge in [-0.15, -0.1) is 0 Å². The first kappa shape index (κ1) is 19.8. The van der Waals surface area contributed by atoms with Crippen molar-refractivity contribution in [1.29, 1.82) is 0 Å². The lowest BCUT2D eigenvalue weighted by Crippen LogP contribution is -2.46. The highest BCUT2D eigenvalue weighted by Crippen LogP contribution is 2.26. The van der Waals surface area contributed by atoms with Crippen molar-refractivity contribution in [3.8, 4) is 5.75 Å². The Morgan fingerprint density at radius 1 is 1.28 bits per heavy atom. The van der Waals surface area contributed by atoms with E-state index in [0.29, 0.717) is 11.8 Å². The minimum Gasteiger partial charge on any atom is -0.481 e. The van der Waals surface area contributed by atoms with Gasteiger partial charge >= 0.3 is 0 Å². The van der Waals surface area contributed by atoms with Crippen molar-refractivity contribution in [3.05, 3.63) is 29.3 Å². The zero-order chi connectivity index (χ0) is 18.4. The van der Waals surface area contributed by atoms with Crippen molar-refractivity contribution in [3.63, 3.8) is 0 Å². The predicted molar refractivity (Wildman–Crippen MR) is 103 cm³/mol. The largest absolute Gasteiger partial charge is 0.481 e. The standard InChI is InChI=1S/C21H34N2O2/c1-6-22-14-18-9-11-23(12-10-18)21(24)17(5)25-20-13-19(15(2)3)8-7-16(20)4/h7-8,13,15,17-18,22H,6,9-12,14H2,1-5H3. The summed E-state index contributed by atoms with van der Waals surface area (Å²) in [6.07, 6.45) is 1.71. The van der Waals surface area contributed by atoms with E-state index in [-0.39, 0.29) is 5.91 Å². The molecule has 1 amide bonds. The molecule has 2 rings (SSSR count). The van der Waals surface area contributed by atoms with Crippen LogP contribution in [0.25, 0.3) is 0 Å². The van der Waals surface area contributed by atoms with E-state index in [0.717, 1.165) is 50.3 Å². The molecule has 4 heteroatoms. The van der Waals surface area contributed by atoms with Crippen LogP contribution < -0.4 is 10.1 Å². The number of hydrogen-bond donors (Lipinski definition) is 1. The molecule has 1 aromatic carbocycles. The highest BCUT2D eigenvalue weighted by atomic mass is 16.5. The average molecular weight is 347 g/mol. The van der Waals surface area contributed by atoms with Crippen LogP contribution in [0.3, 0.4) is 0 Å². The fourth-order valence-electron chi connectivity index (χ4n) is 3.31. The van der Waals surface area contributed by atoms with Crippen molar-refractivity contribution >= 4 is 5.91 Å². The summed E-state index contributed by atoms with van der Waals surface area (Å²) < 4.78 is 6.04. The summed E-state index contributed by atoms with van der Waals surface area (Å²) in [5.41, 5.74) is 2.32. The van der Waals surface area contributed by atoms with E-state index in [1.165, 1.54) is 5.56 Å². The number of benzene rings is 1. The van der Waals surface area contributed by atoms with Crippen molar-refractivity contribution in [2.24, 2.45) is 5.92 Å². The number of nitrogens with one attached hydrogen (secondary N) is 1. The van der Waals surface area contributed by atoms with Crippen LogP contribution in [0.5, 0.6) is 5.75 Å². The van der Waals surface area contributed by atoms with Crippen LogP contribution in [0.1, 0.15) is 57.6 Å². The molecule has 0 aromatic heterocycles. The number of carbonyl (C=O) groups is 1. The third kappa shape index (κ3) is 5.46. The number of carbonyl (C=O) groups excluding carboxylic acids is 1. The molecule has 0 aliphatic carbocycles. The van der Waals surface area contributed by atoms with Crippen molar-refractivity contribution in [2.75, 3.05) is 26.2 Å². The van der Waals surface area contributed by atoms with E-state index < -0.39 is 6.10 Å². The summed E-state index contributed by atoms with van der Waals surface area (Å²) >= 11 is 0. The van der Waals surface area contributed by atoms with Gasteiger partial charge in [-0.25, -0.2) is 0 Å². The van der Waals surface area contributed by atoms with Gasteiger partial charge in [-0.05, 0) is 68.8 Å². The first-order valence-corrected chi connectivity index (χ1v) is 9.69. The van der Waals surface area contributed by atoms with Gasteiger partial charge in [-0.1, -0.05) is 32.9 Å². The van der Waals surface area contributed by atoms with Crippen molar-refractivity contribution in [1.82, 2.24) is 10.2 Å². The summed E-state index contributed by atoms with van der Waals surface area (Å²) in [6, 6.07) is 6.29. The van der Waals surface area contributed by atoms with Gasteiger partial charge in [0, 0.05) is 13.1 Å². The number of rotatable bonds is 7. The lowest BCUT2D eigenvalue weighted by molar-refractivity contribution is -0.139. The van der Waals surface area contributed by atoms with E-state index >= 15 is 0 Å². The highest BCUT2D eigenvalue weighted by Gasteiger charge is 2.27. The zero-order valence-corrected chi connectivity index (χ0v) is 16.5. The fraction of sp³-hybridized carbons (Fsp3) is 0.667. The molecule has 1 aliphatic heterocycles. The Bertz CT molecular complexity index is 563. The van der Waals surface area contributed by atoms with Crippen LogP contribution in [0.15, 0.2) is 18.2 Å². The van der Waals surface area contributed by atoms with Gasteiger partial charge in [0.2, 0.25) is 0 Å². The number of amides is 1. The number of piperidine rings is 1. The second kappa shape index (κ2) is 9.23. The van der Waals surface area contributed by atoms with Crippen LogP contribution in [0.2, 0.25) is 0 Å². The Kier molecular flexibility index (Phi) is 7.30. The van der Waals surface area contributed by atoms with E-state index in [1.54, 1.807) is 0 Å². The summed E-state index contributed by atoms with van der Waals surface area (Å²) in [4.78, 5) is 14.7. The van der Waals surface area contributed by atoms with Gasteiger partial charge in [0.15, 0.2) is 6.10 Å². The van der Waals surface area contributed by atoms with E-state index in [9.17, 15) is 4.79 Å². The minimum absolute atomic E-state index is 0.108. The quantitative estimate of drug-likeness (QED) is 0.818. The Morgan fingerprint density at radius 3 is 2.56 bits per heavy atom. The Morgan fingerprint density at radius 2 is 1.96 bits per heavy atom. The molecule has 1 aromatic rings. The Hall–Kier alpha value is -1.55. The summed E-state index contributed by atoms with van der Waals surface area (Å²) in [5, 5.41) is 3.41. The number of aryl methyl sites for hydroxylation is 1. The lowest BCUT2D eigenvalue weighted by Gasteiger charge is -2.33. The predicted octanol–water partition coefficient (Wildman–Crippen LogP) is 3.73. The van der Waals surface area contributed by atoms with Crippen molar-refractivity contribution in [2.45, 2.75) is 59.5 Å². The fourth-order valence-corrected chi connectivity index (χ4v) is 3.31. The molecule has 0 spiro atoms. The molecule has 1 heterocycles. The lowest BCUT2D eigenvalue weighted by atomic mass is 9.96. The van der Waals surface area contributed by atoms with Crippen molar-refractivity contribution < 1.29 is 9.53 Å². The molecule has 1 N–H and O–H groups in total. The molecule has 0 bridgehead atoms. The third-order valence-corrected chi connectivity index (χ3v) is 5.14. The van der Waals surface area contributed by atoms with Gasteiger partial charge in [0.1, 0.15) is 5.75 Å². The van der Waals surface area contributed by atoms with Gasteiger partial charge in [-0.3, -0.25) is 4.79 Å². The monoisotopic (exact) mass is 346 g/mol. The maximum absolute atomic E-state index is 12.7. The minimum atomic E-state index is -0.438. The van der Waals surface area contributed by atoms with Gasteiger partial charge in [0.05, 0.1) is 0 Å². The molecule has 1 saturated heterocycles. The smallest absolute Gasteiger partial charge is 0.263 e. The van der Waals surface area contributed by atoms with Gasteiger partial charge in [-0.2, -0.15) is 0 Å². The molecule has 25 heavy (non-hydrogen) atoms. The third-order valence-electron chi connectivity index (χ3n) is 5.14. The molecule has 0 saturated carbocycles. The first-order valence-electron chi connectivity index (χ1n) is 9.69. The van der Waals surface area contributed by atoms with E-state index in [2.05, 4.69) is 44.3 Å². The number of likely N-dealkylation sites (tertiary alicyclic amines) is 1. The van der Waals surface area contributed by atoms with Crippen LogP contribution in [0.4, 0.5) is 0 Å². The van der Waals surface area contributed by atoms with Crippen LogP contribution in [-0.2, 0) is 4.79 Å². The summed E-state index contributed by atoms with van der Waals surface area (Å²) in [5.74, 6) is 2.07. The molecule has 140 valence electrons. The molecule has 1 unspecified atom stereocenters. The second-order valence-corrected chi connectivity index (χ2v) is 7.52. The SMILES string of the molecule is CCNCC1CCN(C(=O)C(C)Oc2cc(C(C)C)ccc2C)CC1. The second-order valence-electron chi connectivity index (χ2n) is 7.52. The molecule has 1 fully saturated rings. The topological polar surface area (TPSA) is 41.6 Å². The van der Waals surface area contributed by atoms with E-state index in [4.69, 9.17) is 4.74 Å². The number of hydrogen-bond acceptors (Lipinski definition) is 3. The molecular formula is C21H34N2O2. The summed E-state index contributed by atoms with van der Waals surface area (Å²) in [7, 11) is 0. The first-order chi connectivity index (χ1) is 11.9. The normalized spacial score (nSPS) is 17.0. The van der Waals surface area contributed by atoms with E-state index in [1.807, 2.05) is 18.7 Å².